The van der Waals surface area contributed by atoms with E-state index < -0.39 is 5.82 Å². The smallest absolute Gasteiger partial charge is 0.160 e. The van der Waals surface area contributed by atoms with Gasteiger partial charge < -0.3 is 11.5 Å². The zero-order valence-electron chi connectivity index (χ0n) is 6.07. The molecule has 0 heterocycles. The van der Waals surface area contributed by atoms with Crippen LogP contribution in [0.15, 0.2) is 16.6 Å². The second-order valence-electron chi connectivity index (χ2n) is 2.24. The molecule has 0 saturated heterocycles. The number of nitrogens with two attached hydrogens (primary N) is 2. The number of benzene rings is 1. The fourth-order valence-electron chi connectivity index (χ4n) is 0.772. The minimum Gasteiger partial charge on any atom is -0.396 e. The molecule has 1 aromatic carbocycles. The maximum atomic E-state index is 13.0. The van der Waals surface area contributed by atoms with Crippen molar-refractivity contribution in [1.82, 2.24) is 0 Å². The van der Waals surface area contributed by atoms with Crippen molar-refractivity contribution in [2.24, 2.45) is 5.73 Å². The Bertz CT molecular complexity index is 338. The minimum atomic E-state index is -0.581. The van der Waals surface area contributed by atoms with Crippen LogP contribution in [-0.2, 0) is 0 Å². The topological polar surface area (TPSA) is 75.9 Å². The van der Waals surface area contributed by atoms with Crippen LogP contribution < -0.4 is 11.5 Å². The van der Waals surface area contributed by atoms with Crippen LogP contribution in [0.4, 0.5) is 10.1 Å². The van der Waals surface area contributed by atoms with Crippen molar-refractivity contribution >= 4 is 27.5 Å². The van der Waals surface area contributed by atoms with Crippen molar-refractivity contribution in [3.8, 4) is 0 Å². The number of nitrogens with one attached hydrogen (secondary N) is 1. The second-order valence-corrected chi connectivity index (χ2v) is 3.04. The van der Waals surface area contributed by atoms with Gasteiger partial charge in [0.1, 0.15) is 5.84 Å². The lowest BCUT2D eigenvalue weighted by atomic mass is 10.2. The molecule has 5 heteroatoms. The van der Waals surface area contributed by atoms with Gasteiger partial charge in [0.15, 0.2) is 5.82 Å². The summed E-state index contributed by atoms with van der Waals surface area (Å²) in [5, 5.41) is 7.08. The number of halogens is 2. The maximum absolute atomic E-state index is 13.0. The Hall–Kier alpha value is -1.10. The third-order valence-corrected chi connectivity index (χ3v) is 2.18. The van der Waals surface area contributed by atoms with E-state index in [2.05, 4.69) is 15.9 Å². The average molecular weight is 232 g/mol. The van der Waals surface area contributed by atoms with Crippen LogP contribution in [0.3, 0.4) is 0 Å². The van der Waals surface area contributed by atoms with Gasteiger partial charge in [0, 0.05) is 5.56 Å². The summed E-state index contributed by atoms with van der Waals surface area (Å²) in [6, 6.07) is 2.86. The lowest BCUT2D eigenvalue weighted by molar-refractivity contribution is 0.625. The van der Waals surface area contributed by atoms with E-state index in [0.717, 1.165) is 0 Å². The highest BCUT2D eigenvalue weighted by atomic mass is 79.9. The van der Waals surface area contributed by atoms with Gasteiger partial charge in [-0.3, -0.25) is 5.41 Å². The van der Waals surface area contributed by atoms with Crippen molar-refractivity contribution < 1.29 is 4.39 Å². The summed E-state index contributed by atoms with van der Waals surface area (Å²) >= 11 is 2.96. The molecule has 0 aromatic heterocycles. The third-order valence-electron chi connectivity index (χ3n) is 1.40. The highest BCUT2D eigenvalue weighted by Gasteiger charge is 2.10. The van der Waals surface area contributed by atoms with Crippen molar-refractivity contribution in [2.75, 3.05) is 5.73 Å². The van der Waals surface area contributed by atoms with E-state index in [-0.39, 0.29) is 16.0 Å². The van der Waals surface area contributed by atoms with Gasteiger partial charge in [-0.25, -0.2) is 4.39 Å². The Kier molecular flexibility index (Phi) is 2.32. The van der Waals surface area contributed by atoms with Gasteiger partial charge in [0.2, 0.25) is 0 Å². The van der Waals surface area contributed by atoms with Gasteiger partial charge in [0.25, 0.3) is 0 Å². The maximum Gasteiger partial charge on any atom is 0.160 e. The molecule has 0 aliphatic rings. The molecule has 12 heavy (non-hydrogen) atoms. The van der Waals surface area contributed by atoms with Crippen LogP contribution in [0.1, 0.15) is 5.56 Å². The summed E-state index contributed by atoms with van der Waals surface area (Å²) in [6.45, 7) is 0. The van der Waals surface area contributed by atoms with Crippen molar-refractivity contribution in [1.29, 1.82) is 5.41 Å². The van der Waals surface area contributed by atoms with Gasteiger partial charge in [-0.05, 0) is 28.1 Å². The molecule has 0 saturated carbocycles. The predicted octanol–water partition coefficient (Wildman–Crippen LogP) is 1.45. The van der Waals surface area contributed by atoms with Crippen molar-refractivity contribution in [2.45, 2.75) is 0 Å². The molecule has 0 unspecified atom stereocenters. The zero-order chi connectivity index (χ0) is 9.30. The number of rotatable bonds is 1. The number of hydrogen-bond acceptors (Lipinski definition) is 2. The first-order chi connectivity index (χ1) is 5.54. The number of amidine groups is 1. The quantitative estimate of drug-likeness (QED) is 0.389. The summed E-state index contributed by atoms with van der Waals surface area (Å²) in [6.07, 6.45) is 0. The Labute approximate surface area is 77.2 Å². The number of anilines is 1. The van der Waals surface area contributed by atoms with E-state index in [1.807, 2.05) is 0 Å². The molecule has 0 bridgehead atoms. The molecule has 64 valence electrons. The fourth-order valence-corrected chi connectivity index (χ4v) is 1.35. The monoisotopic (exact) mass is 231 g/mol. The molecular formula is C7H7BrFN3. The second kappa shape index (κ2) is 3.10. The molecule has 1 aromatic rings. The normalized spacial score (nSPS) is 9.83. The Balaban J connectivity index is 3.36. The SMILES string of the molecule is N=C(N)c1ccc(N)c(F)c1Br. The van der Waals surface area contributed by atoms with Crippen LogP contribution in [0.25, 0.3) is 0 Å². The molecule has 3 nitrogen and oxygen atoms in total. The highest BCUT2D eigenvalue weighted by Crippen LogP contribution is 2.24. The summed E-state index contributed by atoms with van der Waals surface area (Å²) in [5.74, 6) is -0.775. The van der Waals surface area contributed by atoms with Gasteiger partial charge in [-0.1, -0.05) is 0 Å². The van der Waals surface area contributed by atoms with Gasteiger partial charge in [-0.2, -0.15) is 0 Å². The van der Waals surface area contributed by atoms with Gasteiger partial charge in [-0.15, -0.1) is 0 Å². The van der Waals surface area contributed by atoms with Crippen LogP contribution in [0.5, 0.6) is 0 Å². The number of hydrogen-bond donors (Lipinski definition) is 3. The van der Waals surface area contributed by atoms with Crippen LogP contribution >= 0.6 is 15.9 Å². The highest BCUT2D eigenvalue weighted by molar-refractivity contribution is 9.10. The molecule has 5 N–H and O–H groups in total. The number of nitrogen functional groups attached to an aromatic ring is 2. The first kappa shape index (κ1) is 8.99. The molecule has 0 amide bonds. The summed E-state index contributed by atoms with van der Waals surface area (Å²) in [7, 11) is 0. The lowest BCUT2D eigenvalue weighted by Crippen LogP contribution is -2.12. The lowest BCUT2D eigenvalue weighted by Gasteiger charge is -2.04. The fraction of sp³-hybridized carbons (Fsp3) is 0. The van der Waals surface area contributed by atoms with E-state index in [1.54, 1.807) is 0 Å². The van der Waals surface area contributed by atoms with E-state index in [9.17, 15) is 4.39 Å². The van der Waals surface area contributed by atoms with E-state index >= 15 is 0 Å². The first-order valence-electron chi connectivity index (χ1n) is 3.12. The standard InChI is InChI=1S/C7H7BrFN3/c8-5-3(7(11)12)1-2-4(10)6(5)9/h1-2H,10H2,(H3,11,12). The predicted molar refractivity (Wildman–Crippen MR) is 49.5 cm³/mol. The third kappa shape index (κ3) is 1.40. The summed E-state index contributed by atoms with van der Waals surface area (Å²) in [4.78, 5) is 0. The Morgan fingerprint density at radius 2 is 2.08 bits per heavy atom. The molecule has 1 rings (SSSR count). The molecule has 0 atom stereocenters. The molecule has 0 fully saturated rings. The summed E-state index contributed by atoms with van der Waals surface area (Å²) < 4.78 is 13.2. The molecule has 0 spiro atoms. The zero-order valence-corrected chi connectivity index (χ0v) is 7.65. The van der Waals surface area contributed by atoms with Crippen molar-refractivity contribution in [3.63, 3.8) is 0 Å². The van der Waals surface area contributed by atoms with Gasteiger partial charge in [0.05, 0.1) is 10.2 Å². The van der Waals surface area contributed by atoms with Crippen LogP contribution in [0.2, 0.25) is 0 Å². The average Bonchev–Trinajstić information content (AvgIpc) is 2.00. The molecule has 0 radical (unpaired) electrons. The van der Waals surface area contributed by atoms with E-state index in [1.165, 1.54) is 12.1 Å². The van der Waals surface area contributed by atoms with Gasteiger partial charge >= 0.3 is 0 Å². The molecular weight excluding hydrogens is 225 g/mol. The molecule has 0 aliphatic carbocycles. The first-order valence-corrected chi connectivity index (χ1v) is 3.91. The van der Waals surface area contributed by atoms with E-state index in [4.69, 9.17) is 16.9 Å². The van der Waals surface area contributed by atoms with Crippen LogP contribution in [-0.4, -0.2) is 5.84 Å². The minimum absolute atomic E-state index is 0.0341. The van der Waals surface area contributed by atoms with Crippen molar-refractivity contribution in [3.05, 3.63) is 28.0 Å². The largest absolute Gasteiger partial charge is 0.396 e. The Morgan fingerprint density at radius 1 is 1.50 bits per heavy atom. The summed E-state index contributed by atoms with van der Waals surface area (Å²) in [5.41, 5.74) is 10.8. The van der Waals surface area contributed by atoms with E-state index in [0.29, 0.717) is 5.56 Å². The molecule has 0 aliphatic heterocycles. The Morgan fingerprint density at radius 3 is 2.58 bits per heavy atom. The van der Waals surface area contributed by atoms with Crippen LogP contribution in [0, 0.1) is 11.2 Å².